The normalized spacial score (nSPS) is 10.4. The van der Waals surface area contributed by atoms with Crippen molar-refractivity contribution >= 4 is 27.5 Å². The van der Waals surface area contributed by atoms with Gasteiger partial charge < -0.3 is 4.74 Å². The maximum Gasteiger partial charge on any atom is 0.166 e. The van der Waals surface area contributed by atoms with Gasteiger partial charge >= 0.3 is 0 Å². The van der Waals surface area contributed by atoms with Crippen molar-refractivity contribution in [2.24, 2.45) is 0 Å². The first kappa shape index (κ1) is 13.4. The van der Waals surface area contributed by atoms with Crippen LogP contribution in [-0.2, 0) is 5.88 Å². The third-order valence-corrected chi connectivity index (χ3v) is 3.25. The monoisotopic (exact) mass is 328 g/mol. The second-order valence-electron chi connectivity index (χ2n) is 3.92. The number of aryl methyl sites for hydroxylation is 1. The molecule has 0 bridgehead atoms. The Morgan fingerprint density at radius 2 is 1.89 bits per heavy atom. The summed E-state index contributed by atoms with van der Waals surface area (Å²) in [5, 5.41) is 0. The molecule has 2 aromatic carbocycles. The summed E-state index contributed by atoms with van der Waals surface area (Å²) in [4.78, 5) is 0. The lowest BCUT2D eigenvalue weighted by atomic mass is 10.1. The van der Waals surface area contributed by atoms with Crippen molar-refractivity contribution in [3.05, 3.63) is 57.8 Å². The lowest BCUT2D eigenvalue weighted by molar-refractivity contribution is 0.439. The predicted octanol–water partition coefficient (Wildman–Crippen LogP) is 5.43. The van der Waals surface area contributed by atoms with Crippen molar-refractivity contribution < 1.29 is 9.13 Å². The molecule has 0 aromatic heterocycles. The number of ether oxygens (including phenoxy) is 1. The zero-order valence-electron chi connectivity index (χ0n) is 9.71. The summed E-state index contributed by atoms with van der Waals surface area (Å²) in [6.45, 7) is 1.97. The van der Waals surface area contributed by atoms with E-state index in [0.717, 1.165) is 11.1 Å². The number of hydrogen-bond acceptors (Lipinski definition) is 1. The van der Waals surface area contributed by atoms with Crippen LogP contribution in [0.5, 0.6) is 11.5 Å². The molecule has 0 aliphatic rings. The summed E-state index contributed by atoms with van der Waals surface area (Å²) in [6.07, 6.45) is 0. The van der Waals surface area contributed by atoms with Crippen molar-refractivity contribution in [1.82, 2.24) is 0 Å². The summed E-state index contributed by atoms with van der Waals surface area (Å²) in [5.41, 5.74) is 1.94. The van der Waals surface area contributed by atoms with Crippen molar-refractivity contribution in [2.75, 3.05) is 0 Å². The molecule has 0 amide bonds. The smallest absolute Gasteiger partial charge is 0.166 e. The van der Waals surface area contributed by atoms with Crippen LogP contribution in [-0.4, -0.2) is 0 Å². The summed E-state index contributed by atoms with van der Waals surface area (Å²) >= 11 is 9.06. The van der Waals surface area contributed by atoms with Crippen molar-refractivity contribution in [3.63, 3.8) is 0 Å². The lowest BCUT2D eigenvalue weighted by Crippen LogP contribution is -1.92. The van der Waals surface area contributed by atoms with Crippen LogP contribution in [0, 0.1) is 12.7 Å². The van der Waals surface area contributed by atoms with Crippen molar-refractivity contribution in [1.29, 1.82) is 0 Å². The third-order valence-electron chi connectivity index (χ3n) is 2.47. The molecule has 0 saturated carbocycles. The van der Waals surface area contributed by atoms with Gasteiger partial charge in [0, 0.05) is 10.0 Å². The first-order valence-corrected chi connectivity index (χ1v) is 6.71. The lowest BCUT2D eigenvalue weighted by Gasteiger charge is -2.11. The maximum atomic E-state index is 13.7. The molecule has 0 spiro atoms. The Bertz CT molecular complexity index is 572. The molecule has 2 rings (SSSR count). The number of halogens is 3. The second kappa shape index (κ2) is 5.72. The molecule has 2 aromatic rings. The van der Waals surface area contributed by atoms with Gasteiger partial charge in [0.15, 0.2) is 11.6 Å². The molecule has 0 radical (unpaired) electrons. The minimum atomic E-state index is -0.412. The van der Waals surface area contributed by atoms with Crippen LogP contribution in [0.3, 0.4) is 0 Å². The molecule has 0 aliphatic carbocycles. The third kappa shape index (κ3) is 3.03. The number of benzene rings is 2. The Morgan fingerprint density at radius 3 is 2.56 bits per heavy atom. The molecule has 0 heterocycles. The zero-order valence-corrected chi connectivity index (χ0v) is 12.1. The average molecular weight is 330 g/mol. The SMILES string of the molecule is Cc1ccc(Oc2ccc(Br)cc2F)c(CCl)c1. The van der Waals surface area contributed by atoms with E-state index in [4.69, 9.17) is 16.3 Å². The molecular formula is C14H11BrClFO. The van der Waals surface area contributed by atoms with Gasteiger partial charge in [-0.1, -0.05) is 33.6 Å². The van der Waals surface area contributed by atoms with Gasteiger partial charge in [0.2, 0.25) is 0 Å². The second-order valence-corrected chi connectivity index (χ2v) is 5.10. The van der Waals surface area contributed by atoms with Gasteiger partial charge in [0.25, 0.3) is 0 Å². The van der Waals surface area contributed by atoms with E-state index < -0.39 is 5.82 Å². The Labute approximate surface area is 119 Å². The largest absolute Gasteiger partial charge is 0.454 e. The zero-order chi connectivity index (χ0) is 13.1. The highest BCUT2D eigenvalue weighted by Gasteiger charge is 2.08. The first-order valence-electron chi connectivity index (χ1n) is 5.38. The number of rotatable bonds is 3. The molecule has 0 atom stereocenters. The van der Waals surface area contributed by atoms with Gasteiger partial charge in [-0.2, -0.15) is 0 Å². The topological polar surface area (TPSA) is 9.23 Å². The number of hydrogen-bond donors (Lipinski definition) is 0. The Hall–Kier alpha value is -1.06. The first-order chi connectivity index (χ1) is 8.60. The minimum Gasteiger partial charge on any atom is -0.454 e. The van der Waals surface area contributed by atoms with Crippen LogP contribution in [0.25, 0.3) is 0 Å². The van der Waals surface area contributed by atoms with E-state index in [2.05, 4.69) is 15.9 Å². The highest BCUT2D eigenvalue weighted by Crippen LogP contribution is 2.30. The Balaban J connectivity index is 2.33. The molecule has 18 heavy (non-hydrogen) atoms. The van der Waals surface area contributed by atoms with Crippen LogP contribution >= 0.6 is 27.5 Å². The van der Waals surface area contributed by atoms with Gasteiger partial charge in [0.05, 0.1) is 5.88 Å². The van der Waals surface area contributed by atoms with E-state index in [-0.39, 0.29) is 5.75 Å². The molecular weight excluding hydrogens is 319 g/mol. The van der Waals surface area contributed by atoms with Crippen molar-refractivity contribution in [3.8, 4) is 11.5 Å². The van der Waals surface area contributed by atoms with E-state index in [9.17, 15) is 4.39 Å². The highest BCUT2D eigenvalue weighted by atomic mass is 79.9. The van der Waals surface area contributed by atoms with Gasteiger partial charge in [-0.15, -0.1) is 11.6 Å². The molecule has 0 N–H and O–H groups in total. The van der Waals surface area contributed by atoms with Crippen LogP contribution < -0.4 is 4.74 Å². The molecule has 94 valence electrons. The molecule has 1 nitrogen and oxygen atoms in total. The predicted molar refractivity (Wildman–Crippen MR) is 74.9 cm³/mol. The quantitative estimate of drug-likeness (QED) is 0.682. The molecule has 4 heteroatoms. The van der Waals surface area contributed by atoms with Crippen LogP contribution in [0.2, 0.25) is 0 Å². The molecule has 0 aliphatic heterocycles. The van der Waals surface area contributed by atoms with Gasteiger partial charge in [-0.25, -0.2) is 4.39 Å². The van der Waals surface area contributed by atoms with Gasteiger partial charge in [0.1, 0.15) is 5.75 Å². The summed E-state index contributed by atoms with van der Waals surface area (Å²) < 4.78 is 19.9. The van der Waals surface area contributed by atoms with Crippen LogP contribution in [0.15, 0.2) is 40.9 Å². The molecule has 0 unspecified atom stereocenters. The Kier molecular flexibility index (Phi) is 4.25. The fraction of sp³-hybridized carbons (Fsp3) is 0.143. The summed E-state index contributed by atoms with van der Waals surface area (Å²) in [7, 11) is 0. The molecule has 0 saturated heterocycles. The Morgan fingerprint density at radius 1 is 1.17 bits per heavy atom. The minimum absolute atomic E-state index is 0.188. The summed E-state index contributed by atoms with van der Waals surface area (Å²) in [5.74, 6) is 0.686. The highest BCUT2D eigenvalue weighted by molar-refractivity contribution is 9.10. The van der Waals surface area contributed by atoms with E-state index >= 15 is 0 Å². The fourth-order valence-electron chi connectivity index (χ4n) is 1.59. The van der Waals surface area contributed by atoms with E-state index in [1.54, 1.807) is 18.2 Å². The maximum absolute atomic E-state index is 13.7. The fourth-order valence-corrected chi connectivity index (χ4v) is 2.13. The van der Waals surface area contributed by atoms with Crippen LogP contribution in [0.4, 0.5) is 4.39 Å². The van der Waals surface area contributed by atoms with Gasteiger partial charge in [-0.3, -0.25) is 0 Å². The van der Waals surface area contributed by atoms with E-state index in [1.165, 1.54) is 6.07 Å². The average Bonchev–Trinajstić information content (AvgIpc) is 2.34. The summed E-state index contributed by atoms with van der Waals surface area (Å²) in [6, 6.07) is 10.3. The number of alkyl halides is 1. The van der Waals surface area contributed by atoms with Crippen molar-refractivity contribution in [2.45, 2.75) is 12.8 Å². The standard InChI is InChI=1S/C14H11BrClFO/c1-9-2-4-13(10(6-9)8-16)18-14-5-3-11(15)7-12(14)17/h2-7H,8H2,1H3. The van der Waals surface area contributed by atoms with Crippen LogP contribution in [0.1, 0.15) is 11.1 Å². The van der Waals surface area contributed by atoms with E-state index in [0.29, 0.717) is 16.1 Å². The van der Waals surface area contributed by atoms with E-state index in [1.807, 2.05) is 19.1 Å². The molecule has 0 fully saturated rings. The van der Waals surface area contributed by atoms with Gasteiger partial charge in [-0.05, 0) is 31.2 Å².